The molecule has 1 saturated heterocycles. The number of hydrogen-bond acceptors (Lipinski definition) is 30. The van der Waals surface area contributed by atoms with Crippen LogP contribution in [0.3, 0.4) is 0 Å². The molecule has 7 atom stereocenters. The summed E-state index contributed by atoms with van der Waals surface area (Å²) in [5.41, 5.74) is 14.9. The molecule has 478 valence electrons. The zero-order chi connectivity index (χ0) is 62.7. The summed E-state index contributed by atoms with van der Waals surface area (Å²) in [7, 11) is -17.6. The number of nitrogens with zero attached hydrogens (tertiary/aromatic N) is 4. The number of phosphoric ester groups is 3. The predicted octanol–water partition coefficient (Wildman–Crippen LogP) is -3.82. The number of hydrogen-bond donors (Lipinski definition) is 11. The minimum absolute atomic E-state index is 0.0222. The number of aromatic nitrogens is 4. The number of aliphatic hydroxyl groups is 2. The van der Waals surface area contributed by atoms with Crippen LogP contribution in [-0.4, -0.2) is 192 Å². The van der Waals surface area contributed by atoms with Crippen LogP contribution in [0, 0.1) is 5.41 Å². The summed E-state index contributed by atoms with van der Waals surface area (Å²) in [6.07, 6.45) is 0.378. The first-order valence-electron chi connectivity index (χ1n) is 26.2. The number of amides is 4. The lowest BCUT2D eigenvalue weighted by Gasteiger charge is -2.36. The number of phosphoric acid groups is 3. The van der Waals surface area contributed by atoms with Gasteiger partial charge in [-0.2, -0.15) is 23.5 Å². The monoisotopic (exact) mass is 1280 g/mol. The fraction of sp³-hybridized carbons (Fsp3) is 0.756. The van der Waals surface area contributed by atoms with E-state index < -0.39 is 84.6 Å². The number of anilines is 1. The number of fused-ring (bicyclic) bond motifs is 1. The van der Waals surface area contributed by atoms with Gasteiger partial charge in [-0.15, -0.1) is 0 Å². The maximum atomic E-state index is 12.6. The van der Waals surface area contributed by atoms with Gasteiger partial charge in [0, 0.05) is 43.8 Å². The van der Waals surface area contributed by atoms with E-state index in [1.165, 1.54) is 39.5 Å². The van der Waals surface area contributed by atoms with E-state index in [2.05, 4.69) is 64.7 Å². The number of nitrogens with one attached hydrogen (secondary N) is 6. The van der Waals surface area contributed by atoms with Crippen LogP contribution in [0.4, 0.5) is 5.82 Å². The molecular weight excluding hydrogens is 1200 g/mol. The zero-order valence-corrected chi connectivity index (χ0v) is 51.5. The van der Waals surface area contributed by atoms with Gasteiger partial charge in [0.15, 0.2) is 17.7 Å². The van der Waals surface area contributed by atoms with Crippen molar-refractivity contribution in [2.24, 2.45) is 16.9 Å². The van der Waals surface area contributed by atoms with Crippen molar-refractivity contribution in [2.75, 3.05) is 108 Å². The number of ketones is 2. The van der Waals surface area contributed by atoms with Crippen molar-refractivity contribution in [3.8, 4) is 0 Å². The molecule has 0 saturated carbocycles. The van der Waals surface area contributed by atoms with Crippen LogP contribution in [0.1, 0.15) is 85.3 Å². The molecule has 0 aliphatic carbocycles. The summed E-state index contributed by atoms with van der Waals surface area (Å²) in [4.78, 5) is 127. The lowest BCUT2D eigenvalue weighted by molar-refractivity contribution is -0.347. The average molecular weight is 1280 g/mol. The van der Waals surface area contributed by atoms with Crippen molar-refractivity contribution in [1.29, 1.82) is 0 Å². The topological polar surface area (TPSA) is 526 Å². The number of imidazole rings is 1. The summed E-state index contributed by atoms with van der Waals surface area (Å²) in [6, 6.07) is 0. The highest BCUT2D eigenvalue weighted by molar-refractivity contribution is 8.00. The Morgan fingerprint density at radius 2 is 1.33 bits per heavy atom. The highest BCUT2D eigenvalue weighted by Gasteiger charge is 2.47. The Kier molecular flexibility index (Phi) is 38.6. The Morgan fingerprint density at radius 3 is 1.87 bits per heavy atom. The van der Waals surface area contributed by atoms with Gasteiger partial charge < -0.3 is 102 Å². The van der Waals surface area contributed by atoms with E-state index in [0.29, 0.717) is 24.6 Å². The predicted molar refractivity (Wildman–Crippen MR) is 300 cm³/mol. The van der Waals surface area contributed by atoms with E-state index in [0.717, 1.165) is 95.0 Å². The fourth-order valence-electron chi connectivity index (χ4n) is 6.85. The number of carbonyl (C=O) groups excluding carboxylic acids is 6. The van der Waals surface area contributed by atoms with E-state index in [-0.39, 0.29) is 72.0 Å². The van der Waals surface area contributed by atoms with Gasteiger partial charge in [-0.25, -0.2) is 19.3 Å². The molecule has 0 radical (unpaired) electrons. The molecule has 4 amide bonds. The lowest BCUT2D eigenvalue weighted by Crippen LogP contribution is -2.46. The minimum Gasteiger partial charge on any atom is -0.790 e. The Hall–Kier alpha value is -3.64. The van der Waals surface area contributed by atoms with E-state index in [4.69, 9.17) is 21.9 Å². The van der Waals surface area contributed by atoms with Crippen molar-refractivity contribution in [3.63, 3.8) is 0 Å². The summed E-state index contributed by atoms with van der Waals surface area (Å²) in [5.74, 6) is -0.428. The van der Waals surface area contributed by atoms with Crippen molar-refractivity contribution < 1.29 is 94.9 Å². The number of nitrogen functional groups attached to an aromatic ring is 1. The maximum Gasteiger partial charge on any atom is 0.274 e. The second-order valence-electron chi connectivity index (χ2n) is 18.9. The van der Waals surface area contributed by atoms with Crippen molar-refractivity contribution in [2.45, 2.75) is 110 Å². The van der Waals surface area contributed by atoms with Gasteiger partial charge in [0.1, 0.15) is 47.8 Å². The van der Waals surface area contributed by atoms with Gasteiger partial charge in [-0.3, -0.25) is 42.5 Å². The molecule has 3 rings (SSSR count). The SMILES string of the molecule is CC(=O)CC(C)=O.CC(C)(COP(=O)([O-])OP(=O)([O-])OCC1OC(n2cnc3c(N)ncnc32)C(O)C1OP(=O)([O-])[O-])C(O)C(=O)NCCC(=O)NCCSCC(=O)NCCCNCCCCN.CSCC(=O)NCCCNCCCCN. The van der Waals surface area contributed by atoms with Crippen LogP contribution in [0.5, 0.6) is 0 Å². The van der Waals surface area contributed by atoms with Crippen LogP contribution >= 0.6 is 47.0 Å². The maximum absolute atomic E-state index is 12.6. The Labute approximate surface area is 490 Å². The first-order valence-corrected chi connectivity index (χ1v) is 33.1. The van der Waals surface area contributed by atoms with Gasteiger partial charge in [-0.1, -0.05) is 13.8 Å². The molecule has 1 aliphatic heterocycles. The van der Waals surface area contributed by atoms with Crippen LogP contribution in [0.2, 0.25) is 0 Å². The summed E-state index contributed by atoms with van der Waals surface area (Å²) < 4.78 is 60.6. The average Bonchev–Trinajstić information content (AvgIpc) is 4.19. The summed E-state index contributed by atoms with van der Waals surface area (Å²) in [6.45, 7) is 9.35. The van der Waals surface area contributed by atoms with Crippen LogP contribution < -0.4 is 68.7 Å². The zero-order valence-electron chi connectivity index (χ0n) is 47.2. The summed E-state index contributed by atoms with van der Waals surface area (Å²) in [5, 5.41) is 38.6. The third-order valence-electron chi connectivity index (χ3n) is 10.9. The molecule has 7 unspecified atom stereocenters. The highest BCUT2D eigenvalue weighted by Crippen LogP contribution is 2.56. The molecule has 1 fully saturated rings. The van der Waals surface area contributed by atoms with Crippen LogP contribution in [0.15, 0.2) is 12.7 Å². The number of unbranched alkanes of at least 4 members (excludes halogenated alkanes) is 2. The van der Waals surface area contributed by atoms with Crippen molar-refractivity contribution in [1.82, 2.24) is 51.4 Å². The Morgan fingerprint density at radius 1 is 0.771 bits per heavy atom. The quantitative estimate of drug-likeness (QED) is 0.0173. The minimum atomic E-state index is -5.92. The van der Waals surface area contributed by atoms with Crippen molar-refractivity contribution in [3.05, 3.63) is 12.7 Å². The van der Waals surface area contributed by atoms with E-state index in [1.54, 1.807) is 11.8 Å². The molecule has 0 aromatic carbocycles. The van der Waals surface area contributed by atoms with Crippen LogP contribution in [0.25, 0.3) is 11.2 Å². The van der Waals surface area contributed by atoms with Gasteiger partial charge >= 0.3 is 0 Å². The molecule has 38 heteroatoms. The van der Waals surface area contributed by atoms with E-state index in [9.17, 15) is 72.2 Å². The second kappa shape index (κ2) is 41.5. The number of nitrogens with two attached hydrogens (primary N) is 3. The van der Waals surface area contributed by atoms with Gasteiger partial charge in [0.2, 0.25) is 23.6 Å². The van der Waals surface area contributed by atoms with Crippen molar-refractivity contribution >= 4 is 99.2 Å². The Balaban J connectivity index is 0.00000131. The van der Waals surface area contributed by atoms with Gasteiger partial charge in [0.05, 0.1) is 45.3 Å². The fourth-order valence-corrected chi connectivity index (χ4v) is 10.6. The summed E-state index contributed by atoms with van der Waals surface area (Å²) >= 11 is 2.87. The van der Waals surface area contributed by atoms with E-state index >= 15 is 0 Å². The number of ether oxygens (including phenoxy) is 1. The molecule has 33 nitrogen and oxygen atoms in total. The normalized spacial score (nSPS) is 17.8. The second-order valence-corrected chi connectivity index (χ2v) is 25.0. The number of rotatable bonds is 41. The first-order chi connectivity index (χ1) is 39.0. The highest BCUT2D eigenvalue weighted by atomic mass is 32.2. The number of aliphatic hydroxyl groups excluding tert-OH is 2. The van der Waals surface area contributed by atoms with E-state index in [1.807, 2.05) is 6.26 Å². The smallest absolute Gasteiger partial charge is 0.274 e. The molecule has 83 heavy (non-hydrogen) atoms. The van der Waals surface area contributed by atoms with Gasteiger partial charge in [0.25, 0.3) is 15.6 Å². The first kappa shape index (κ1) is 77.4. The number of thioether (sulfide) groups is 2. The third-order valence-corrected chi connectivity index (χ3v) is 15.5. The van der Waals surface area contributed by atoms with Crippen LogP contribution in [-0.2, 0) is 65.1 Å². The lowest BCUT2D eigenvalue weighted by atomic mass is 9.87. The molecule has 2 aromatic heterocycles. The molecule has 2 aromatic rings. The largest absolute Gasteiger partial charge is 0.790 e. The molecule has 1 aliphatic rings. The third kappa shape index (κ3) is 34.9. The molecule has 0 spiro atoms. The molecular formula is C45H82N13O20P3S2-4. The molecule has 3 heterocycles. The number of carbonyl (C=O) groups is 6. The number of Topliss-reactive ketones (excluding diaryl/α,β-unsaturated/α-hetero) is 2. The molecule has 0 bridgehead atoms. The van der Waals surface area contributed by atoms with Gasteiger partial charge in [-0.05, 0) is 97.9 Å². The standard InChI is InChI=1S/C30H55N10O17P3S.C10H23N3OS.C5H8O2/c1-30(2,25(44)28(45)36-11-6-20(41)35-12-13-61-15-21(42)34-10-5-9-33-8-4-3-7-31)16-54-60(51,52)57-59(49,50)53-14-19-24(56-58(46,47)48)23(43)29(55-19)40-18-39-22-26(32)37-17-38-27(22)40;1-15-9-10(14)13-8-4-7-12-6-3-2-5-11;1-4(6)3-5(2)7/h17-19,23-25,29,33,43-44H,3-16,31H2,1-2H3,(H,34,42)(H,35,41)(H,36,45)(H,49,50)(H,51,52)(H2,32,37,38)(H2,46,47,48);12H,2-9,11H2,1H3,(H,13,14);3H2,1-2H3/p-4. The Bertz CT molecular complexity index is 2420. The molecule has 14 N–H and O–H groups in total.